The average molecular weight is 359 g/mol. The first-order valence-corrected chi connectivity index (χ1v) is 9.13. The van der Waals surface area contributed by atoms with Crippen molar-refractivity contribution in [3.63, 3.8) is 0 Å². The Bertz CT molecular complexity index is 682. The Labute approximate surface area is 155 Å². The summed E-state index contributed by atoms with van der Waals surface area (Å²) in [6.45, 7) is 6.69. The highest BCUT2D eigenvalue weighted by atomic mass is 16.4. The molecule has 0 fully saturated rings. The molecule has 0 heterocycles. The summed E-state index contributed by atoms with van der Waals surface area (Å²) >= 11 is 0. The number of fused-ring (bicyclic) bond motifs is 1. The predicted octanol–water partition coefficient (Wildman–Crippen LogP) is 4.30. The molecule has 1 unspecified atom stereocenters. The van der Waals surface area contributed by atoms with Crippen LogP contribution in [0.15, 0.2) is 42.5 Å². The molecule has 0 aromatic heterocycles. The van der Waals surface area contributed by atoms with Gasteiger partial charge in [-0.3, -0.25) is 0 Å². The molecule has 0 saturated heterocycles. The number of nitrogens with one attached hydrogen (secondary N) is 1. The van der Waals surface area contributed by atoms with Gasteiger partial charge in [0.1, 0.15) is 0 Å². The number of hydrogen-bond donors (Lipinski definition) is 3. The van der Waals surface area contributed by atoms with Gasteiger partial charge < -0.3 is 15.5 Å². The van der Waals surface area contributed by atoms with Crippen LogP contribution in [0.2, 0.25) is 0 Å². The minimum Gasteiger partial charge on any atom is -0.473 e. The van der Waals surface area contributed by atoms with Crippen molar-refractivity contribution in [2.24, 2.45) is 5.92 Å². The molecule has 2 aromatic rings. The highest BCUT2D eigenvalue weighted by Crippen LogP contribution is 2.18. The van der Waals surface area contributed by atoms with E-state index in [0.717, 1.165) is 19.0 Å². The molecule has 0 radical (unpaired) electrons. The second-order valence-corrected chi connectivity index (χ2v) is 6.30. The third-order valence-corrected chi connectivity index (χ3v) is 4.35. The van der Waals surface area contributed by atoms with E-state index in [0.29, 0.717) is 0 Å². The molecule has 5 heteroatoms. The van der Waals surface area contributed by atoms with Gasteiger partial charge >= 0.3 is 11.9 Å². The van der Waals surface area contributed by atoms with Crippen LogP contribution < -0.4 is 5.32 Å². The van der Waals surface area contributed by atoms with Gasteiger partial charge in [-0.2, -0.15) is 0 Å². The van der Waals surface area contributed by atoms with Crippen LogP contribution >= 0.6 is 0 Å². The van der Waals surface area contributed by atoms with E-state index < -0.39 is 11.9 Å². The van der Waals surface area contributed by atoms with Gasteiger partial charge in [0.05, 0.1) is 0 Å². The molecule has 2 rings (SSSR count). The molecule has 0 amide bonds. The van der Waals surface area contributed by atoms with E-state index in [1.54, 1.807) is 0 Å². The standard InChI is InChI=1S/C19H27N.C2H2O4/c1-3-5-9-16(4-2)14-20-15-18-12-8-11-17-10-6-7-13-19(17)18;3-1(4)2(5)6/h6-8,10-13,16,20H,3-5,9,14-15H2,1-2H3;(H,3,4)(H,5,6). The van der Waals surface area contributed by atoms with E-state index in [1.165, 1.54) is 42.0 Å². The van der Waals surface area contributed by atoms with Gasteiger partial charge in [0.15, 0.2) is 0 Å². The van der Waals surface area contributed by atoms with E-state index in [2.05, 4.69) is 61.6 Å². The topological polar surface area (TPSA) is 86.6 Å². The SMILES string of the molecule is CCCCC(CC)CNCc1cccc2ccccc12.O=C(O)C(=O)O. The first-order valence-electron chi connectivity index (χ1n) is 9.13. The van der Waals surface area contributed by atoms with Crippen molar-refractivity contribution < 1.29 is 19.8 Å². The van der Waals surface area contributed by atoms with Crippen LogP contribution in [0.1, 0.15) is 45.1 Å². The molecular formula is C21H29NO4. The number of carboxylic acids is 2. The number of rotatable bonds is 8. The van der Waals surface area contributed by atoms with Crippen LogP contribution in [-0.4, -0.2) is 28.7 Å². The highest BCUT2D eigenvalue weighted by Gasteiger charge is 2.06. The number of unbranched alkanes of at least 4 members (excludes halogenated alkanes) is 1. The molecule has 0 aliphatic rings. The molecule has 0 spiro atoms. The molecule has 2 aromatic carbocycles. The summed E-state index contributed by atoms with van der Waals surface area (Å²) < 4.78 is 0. The minimum atomic E-state index is -1.82. The second kappa shape index (κ2) is 12.0. The fraction of sp³-hybridized carbons (Fsp3) is 0.429. The van der Waals surface area contributed by atoms with Crippen LogP contribution in [0.5, 0.6) is 0 Å². The first kappa shape index (κ1) is 21.6. The van der Waals surface area contributed by atoms with Crippen molar-refractivity contribution >= 4 is 22.7 Å². The Balaban J connectivity index is 0.000000487. The molecule has 26 heavy (non-hydrogen) atoms. The third-order valence-electron chi connectivity index (χ3n) is 4.35. The van der Waals surface area contributed by atoms with Crippen molar-refractivity contribution in [1.82, 2.24) is 5.32 Å². The maximum atomic E-state index is 9.10. The van der Waals surface area contributed by atoms with Gasteiger partial charge in [-0.05, 0) is 35.2 Å². The molecule has 0 aliphatic heterocycles. The van der Waals surface area contributed by atoms with Crippen LogP contribution in [0.4, 0.5) is 0 Å². The van der Waals surface area contributed by atoms with Crippen molar-refractivity contribution in [3.05, 3.63) is 48.0 Å². The average Bonchev–Trinajstić information content (AvgIpc) is 2.65. The summed E-state index contributed by atoms with van der Waals surface area (Å²) in [4.78, 5) is 18.2. The molecule has 5 nitrogen and oxygen atoms in total. The van der Waals surface area contributed by atoms with E-state index in [4.69, 9.17) is 19.8 Å². The van der Waals surface area contributed by atoms with Crippen LogP contribution in [0.25, 0.3) is 10.8 Å². The van der Waals surface area contributed by atoms with Gasteiger partial charge in [0.25, 0.3) is 0 Å². The van der Waals surface area contributed by atoms with Crippen LogP contribution in [-0.2, 0) is 16.1 Å². The summed E-state index contributed by atoms with van der Waals surface area (Å²) in [5.74, 6) is -2.82. The van der Waals surface area contributed by atoms with Crippen molar-refractivity contribution in [3.8, 4) is 0 Å². The van der Waals surface area contributed by atoms with E-state index in [1.807, 2.05) is 0 Å². The largest absolute Gasteiger partial charge is 0.473 e. The lowest BCUT2D eigenvalue weighted by Gasteiger charge is -2.16. The molecular weight excluding hydrogens is 330 g/mol. The maximum Gasteiger partial charge on any atom is 0.414 e. The van der Waals surface area contributed by atoms with Gasteiger partial charge in [0, 0.05) is 6.54 Å². The number of carbonyl (C=O) groups is 2. The zero-order chi connectivity index (χ0) is 19.4. The Hall–Kier alpha value is -2.40. The summed E-state index contributed by atoms with van der Waals surface area (Å²) in [5, 5.41) is 21.2. The van der Waals surface area contributed by atoms with Gasteiger partial charge in [-0.15, -0.1) is 0 Å². The molecule has 1 atom stereocenters. The fourth-order valence-electron chi connectivity index (χ4n) is 2.80. The van der Waals surface area contributed by atoms with Gasteiger partial charge in [-0.25, -0.2) is 9.59 Å². The molecule has 0 bridgehead atoms. The monoisotopic (exact) mass is 359 g/mol. The summed E-state index contributed by atoms with van der Waals surface area (Å²) in [6, 6.07) is 15.2. The molecule has 0 aliphatic carbocycles. The van der Waals surface area contributed by atoms with Crippen LogP contribution in [0.3, 0.4) is 0 Å². The lowest BCUT2D eigenvalue weighted by atomic mass is 9.99. The summed E-state index contributed by atoms with van der Waals surface area (Å²) in [5.41, 5.74) is 1.41. The van der Waals surface area contributed by atoms with Crippen molar-refractivity contribution in [1.29, 1.82) is 0 Å². The maximum absolute atomic E-state index is 9.10. The quantitative estimate of drug-likeness (QED) is 0.612. The third kappa shape index (κ3) is 7.66. The fourth-order valence-corrected chi connectivity index (χ4v) is 2.80. The van der Waals surface area contributed by atoms with Gasteiger partial charge in [-0.1, -0.05) is 75.6 Å². The molecule has 3 N–H and O–H groups in total. The Morgan fingerprint density at radius 2 is 1.65 bits per heavy atom. The number of carboxylic acid groups (broad SMARTS) is 2. The summed E-state index contributed by atoms with van der Waals surface area (Å²) in [6.07, 6.45) is 5.30. The normalized spacial score (nSPS) is 11.5. The number of hydrogen-bond acceptors (Lipinski definition) is 3. The number of benzene rings is 2. The van der Waals surface area contributed by atoms with Gasteiger partial charge in [0.2, 0.25) is 0 Å². The van der Waals surface area contributed by atoms with Crippen molar-refractivity contribution in [2.45, 2.75) is 46.1 Å². The van der Waals surface area contributed by atoms with Crippen molar-refractivity contribution in [2.75, 3.05) is 6.54 Å². The summed E-state index contributed by atoms with van der Waals surface area (Å²) in [7, 11) is 0. The smallest absolute Gasteiger partial charge is 0.414 e. The Kier molecular flexibility index (Phi) is 10.0. The first-order chi connectivity index (χ1) is 12.5. The molecule has 0 saturated carbocycles. The lowest BCUT2D eigenvalue weighted by Crippen LogP contribution is -2.22. The van der Waals surface area contributed by atoms with E-state index >= 15 is 0 Å². The van der Waals surface area contributed by atoms with E-state index in [-0.39, 0.29) is 0 Å². The predicted molar refractivity (Wildman–Crippen MR) is 104 cm³/mol. The highest BCUT2D eigenvalue weighted by molar-refractivity contribution is 6.27. The second-order valence-electron chi connectivity index (χ2n) is 6.30. The number of aliphatic carboxylic acids is 2. The van der Waals surface area contributed by atoms with E-state index in [9.17, 15) is 0 Å². The minimum absolute atomic E-state index is 0.824. The van der Waals surface area contributed by atoms with Crippen LogP contribution in [0, 0.1) is 5.92 Å². The zero-order valence-electron chi connectivity index (χ0n) is 15.6. The Morgan fingerprint density at radius 3 is 2.27 bits per heavy atom. The lowest BCUT2D eigenvalue weighted by molar-refractivity contribution is -0.159. The molecule has 142 valence electrons. The zero-order valence-corrected chi connectivity index (χ0v) is 15.6. The Morgan fingerprint density at radius 1 is 1.00 bits per heavy atom.